The molecule has 0 bridgehead atoms. The first kappa shape index (κ1) is 20.2. The van der Waals surface area contributed by atoms with Gasteiger partial charge in [-0.1, -0.05) is 35.9 Å². The standard InChI is InChI=1S/C21H21ClN4O4/c1-12-18(21(30)26(24(12)2)14-6-4-3-5-7-14)23-17(27)11-25-19(28)15-9-8-13(22)10-16(15)20(25)29/h3-8,15-16H,9-11H2,1-2H3,(H,23,27)/t15-,16-/m1/s1. The minimum absolute atomic E-state index is 0.118. The van der Waals surface area contributed by atoms with Crippen molar-refractivity contribution in [2.75, 3.05) is 11.9 Å². The third-order valence-corrected chi connectivity index (χ3v) is 6.09. The summed E-state index contributed by atoms with van der Waals surface area (Å²) in [5.41, 5.74) is 0.943. The van der Waals surface area contributed by atoms with Gasteiger partial charge in [0.05, 0.1) is 23.2 Å². The lowest BCUT2D eigenvalue weighted by atomic mass is 9.85. The molecule has 1 aromatic heterocycles. The van der Waals surface area contributed by atoms with Gasteiger partial charge < -0.3 is 5.32 Å². The number of hydrogen-bond donors (Lipinski definition) is 1. The lowest BCUT2D eigenvalue weighted by Gasteiger charge is -2.17. The second-order valence-electron chi connectivity index (χ2n) is 7.55. The van der Waals surface area contributed by atoms with Crippen molar-refractivity contribution in [3.8, 4) is 5.69 Å². The molecule has 30 heavy (non-hydrogen) atoms. The van der Waals surface area contributed by atoms with Gasteiger partial charge in [-0.05, 0) is 31.9 Å². The highest BCUT2D eigenvalue weighted by atomic mass is 35.5. The van der Waals surface area contributed by atoms with Gasteiger partial charge in [-0.2, -0.15) is 0 Å². The van der Waals surface area contributed by atoms with Crippen molar-refractivity contribution >= 4 is 35.0 Å². The van der Waals surface area contributed by atoms with Gasteiger partial charge in [0.25, 0.3) is 5.56 Å². The molecule has 2 aliphatic rings. The van der Waals surface area contributed by atoms with Crippen molar-refractivity contribution in [3.05, 3.63) is 57.5 Å². The molecule has 1 aliphatic heterocycles. The summed E-state index contributed by atoms with van der Waals surface area (Å²) in [6.45, 7) is 1.28. The van der Waals surface area contributed by atoms with Crippen LogP contribution in [0.4, 0.5) is 5.69 Å². The number of imide groups is 1. The number of aromatic nitrogens is 2. The topological polar surface area (TPSA) is 93.4 Å². The van der Waals surface area contributed by atoms with Crippen molar-refractivity contribution in [1.29, 1.82) is 0 Å². The fourth-order valence-corrected chi connectivity index (χ4v) is 4.34. The summed E-state index contributed by atoms with van der Waals surface area (Å²) in [5.74, 6) is -2.34. The van der Waals surface area contributed by atoms with Crippen molar-refractivity contribution in [3.63, 3.8) is 0 Å². The van der Waals surface area contributed by atoms with E-state index < -0.39 is 35.8 Å². The summed E-state index contributed by atoms with van der Waals surface area (Å²) in [5, 5.41) is 3.15. The van der Waals surface area contributed by atoms with E-state index in [2.05, 4.69) is 5.32 Å². The quantitative estimate of drug-likeness (QED) is 0.753. The monoisotopic (exact) mass is 428 g/mol. The van der Waals surface area contributed by atoms with Crippen LogP contribution in [0.2, 0.25) is 0 Å². The van der Waals surface area contributed by atoms with E-state index >= 15 is 0 Å². The molecular weight excluding hydrogens is 408 g/mol. The number of amides is 3. The average Bonchev–Trinajstić information content (AvgIpc) is 3.08. The number of hydrogen-bond acceptors (Lipinski definition) is 4. The molecule has 0 unspecified atom stereocenters. The molecule has 0 spiro atoms. The average molecular weight is 429 g/mol. The van der Waals surface area contributed by atoms with E-state index in [4.69, 9.17) is 11.6 Å². The molecule has 0 saturated carbocycles. The Morgan fingerprint density at radius 2 is 1.80 bits per heavy atom. The number of likely N-dealkylation sites (tertiary alicyclic amines) is 1. The molecule has 4 rings (SSSR count). The fraction of sp³-hybridized carbons (Fsp3) is 0.333. The van der Waals surface area contributed by atoms with Crippen LogP contribution in [-0.4, -0.2) is 38.5 Å². The lowest BCUT2D eigenvalue weighted by molar-refractivity contribution is -0.142. The molecule has 2 atom stereocenters. The number of nitrogens with one attached hydrogen (secondary N) is 1. The number of benzene rings is 1. The summed E-state index contributed by atoms with van der Waals surface area (Å²) in [4.78, 5) is 51.8. The zero-order valence-electron chi connectivity index (χ0n) is 16.6. The Kier molecular flexibility index (Phi) is 5.11. The van der Waals surface area contributed by atoms with E-state index in [9.17, 15) is 19.2 Å². The third kappa shape index (κ3) is 3.27. The fourth-order valence-electron chi connectivity index (χ4n) is 4.09. The van der Waals surface area contributed by atoms with Crippen LogP contribution in [0.15, 0.2) is 46.2 Å². The number of rotatable bonds is 4. The van der Waals surface area contributed by atoms with E-state index in [0.29, 0.717) is 29.3 Å². The molecule has 1 aromatic carbocycles. The van der Waals surface area contributed by atoms with Gasteiger partial charge in [-0.25, -0.2) is 4.68 Å². The Labute approximate surface area is 177 Å². The number of allylic oxidation sites excluding steroid dienone is 2. The predicted molar refractivity (Wildman–Crippen MR) is 111 cm³/mol. The molecule has 3 amide bonds. The van der Waals surface area contributed by atoms with Crippen LogP contribution in [-0.2, 0) is 21.4 Å². The van der Waals surface area contributed by atoms with E-state index in [1.165, 1.54) is 4.68 Å². The number of para-hydroxylation sites is 1. The van der Waals surface area contributed by atoms with E-state index in [0.717, 1.165) is 4.90 Å². The lowest BCUT2D eigenvalue weighted by Crippen LogP contribution is -2.39. The second kappa shape index (κ2) is 7.60. The normalized spacial score (nSPS) is 20.9. The van der Waals surface area contributed by atoms with Gasteiger partial charge in [0.2, 0.25) is 17.7 Å². The van der Waals surface area contributed by atoms with E-state index in [1.807, 2.05) is 18.2 Å². The molecule has 8 nitrogen and oxygen atoms in total. The first-order chi connectivity index (χ1) is 14.3. The molecule has 2 aromatic rings. The predicted octanol–water partition coefficient (Wildman–Crippen LogP) is 1.94. The van der Waals surface area contributed by atoms with Crippen molar-refractivity contribution < 1.29 is 14.4 Å². The molecule has 2 heterocycles. The molecule has 1 aliphatic carbocycles. The van der Waals surface area contributed by atoms with Gasteiger partial charge in [0.1, 0.15) is 12.2 Å². The van der Waals surface area contributed by atoms with Crippen LogP contribution < -0.4 is 10.9 Å². The maximum atomic E-state index is 12.9. The minimum atomic E-state index is -0.597. The summed E-state index contributed by atoms with van der Waals surface area (Å²) < 4.78 is 3.08. The second-order valence-corrected chi connectivity index (χ2v) is 8.04. The van der Waals surface area contributed by atoms with Crippen LogP contribution in [0.5, 0.6) is 0 Å². The van der Waals surface area contributed by atoms with Crippen LogP contribution in [0, 0.1) is 18.8 Å². The van der Waals surface area contributed by atoms with Gasteiger partial charge in [-0.3, -0.25) is 28.8 Å². The Hall–Kier alpha value is -3.13. The summed E-state index contributed by atoms with van der Waals surface area (Å²) in [7, 11) is 1.72. The highest BCUT2D eigenvalue weighted by Gasteiger charge is 2.48. The van der Waals surface area contributed by atoms with Crippen LogP contribution in [0.1, 0.15) is 18.5 Å². The molecule has 1 N–H and O–H groups in total. The summed E-state index contributed by atoms with van der Waals surface area (Å²) in [6, 6.07) is 9.04. The first-order valence-electron chi connectivity index (χ1n) is 9.63. The Balaban J connectivity index is 1.54. The zero-order chi connectivity index (χ0) is 21.6. The van der Waals surface area contributed by atoms with Gasteiger partial charge in [-0.15, -0.1) is 0 Å². The third-order valence-electron chi connectivity index (χ3n) is 5.78. The molecular formula is C21H21ClN4O4. The molecule has 0 radical (unpaired) electrons. The van der Waals surface area contributed by atoms with Gasteiger partial charge >= 0.3 is 0 Å². The molecule has 1 saturated heterocycles. The summed E-state index contributed by atoms with van der Waals surface area (Å²) in [6.07, 6.45) is 2.46. The Bertz CT molecular complexity index is 1130. The van der Waals surface area contributed by atoms with Crippen LogP contribution in [0.3, 0.4) is 0 Å². The molecule has 9 heteroatoms. The maximum Gasteiger partial charge on any atom is 0.295 e. The number of carbonyl (C=O) groups is 3. The van der Waals surface area contributed by atoms with Crippen molar-refractivity contribution in [1.82, 2.24) is 14.3 Å². The highest BCUT2D eigenvalue weighted by molar-refractivity contribution is 6.30. The van der Waals surface area contributed by atoms with Crippen molar-refractivity contribution in [2.24, 2.45) is 18.9 Å². The number of fused-ring (bicyclic) bond motifs is 1. The maximum absolute atomic E-state index is 12.9. The smallest absolute Gasteiger partial charge is 0.295 e. The number of halogens is 1. The van der Waals surface area contributed by atoms with Gasteiger partial charge in [0.15, 0.2) is 0 Å². The number of anilines is 1. The van der Waals surface area contributed by atoms with Crippen molar-refractivity contribution in [2.45, 2.75) is 19.8 Å². The minimum Gasteiger partial charge on any atom is -0.318 e. The summed E-state index contributed by atoms with van der Waals surface area (Å²) >= 11 is 6.02. The number of carbonyl (C=O) groups excluding carboxylic acids is 3. The number of nitrogens with zero attached hydrogens (tertiary/aromatic N) is 3. The molecule has 1 fully saturated rings. The van der Waals surface area contributed by atoms with Crippen LogP contribution in [0.25, 0.3) is 5.69 Å². The Morgan fingerprint density at radius 1 is 1.13 bits per heavy atom. The first-order valence-corrected chi connectivity index (χ1v) is 10.0. The largest absolute Gasteiger partial charge is 0.318 e. The van der Waals surface area contributed by atoms with Gasteiger partial charge in [0, 0.05) is 12.1 Å². The van der Waals surface area contributed by atoms with E-state index in [1.54, 1.807) is 36.9 Å². The van der Waals surface area contributed by atoms with E-state index in [-0.39, 0.29) is 11.6 Å². The highest BCUT2D eigenvalue weighted by Crippen LogP contribution is 2.38. The molecule has 156 valence electrons. The Morgan fingerprint density at radius 3 is 2.50 bits per heavy atom. The SMILES string of the molecule is Cc1c(NC(=O)CN2C(=O)[C@@H]3CC=C(Cl)C[C@H]3C2=O)c(=O)n(-c2ccccc2)n1C. The zero-order valence-corrected chi connectivity index (χ0v) is 17.3. The van der Waals surface area contributed by atoms with Crippen LogP contribution >= 0.6 is 11.6 Å².